The number of aliphatic hydroxyl groups excluding tert-OH is 1. The molecule has 2 N–H and O–H groups in total. The number of cyclic esters (lactones) is 1. The van der Waals surface area contributed by atoms with Gasteiger partial charge in [-0.25, -0.2) is 4.79 Å². The second kappa shape index (κ2) is 4.80. The molecule has 6 fully saturated rings. The molecule has 0 unspecified atom stereocenters. The number of carbonyl (C=O) groups excluding carboxylic acids is 2. The van der Waals surface area contributed by atoms with E-state index < -0.39 is 64.8 Å². The molecule has 6 aliphatic rings. The predicted molar refractivity (Wildman–Crippen MR) is 89.5 cm³/mol. The van der Waals surface area contributed by atoms with Gasteiger partial charge in [0.25, 0.3) is 0 Å². The third-order valence-electron chi connectivity index (χ3n) is 8.35. The van der Waals surface area contributed by atoms with E-state index in [1.165, 1.54) is 6.26 Å². The van der Waals surface area contributed by atoms with Crippen LogP contribution in [0.5, 0.6) is 0 Å². The molecular formula is C20H22O8. The first-order chi connectivity index (χ1) is 13.2. The highest BCUT2D eigenvalue weighted by Crippen LogP contribution is 2.72. The van der Waals surface area contributed by atoms with Crippen molar-refractivity contribution >= 4 is 11.9 Å². The largest absolute Gasteiger partial charge is 0.472 e. The van der Waals surface area contributed by atoms with Crippen LogP contribution in [0.25, 0.3) is 0 Å². The lowest BCUT2D eigenvalue weighted by molar-refractivity contribution is -0.307. The van der Waals surface area contributed by atoms with Crippen LogP contribution in [0, 0.1) is 22.7 Å². The number of furan rings is 1. The van der Waals surface area contributed by atoms with E-state index in [1.54, 1.807) is 19.3 Å². The Morgan fingerprint density at radius 2 is 1.96 bits per heavy atom. The van der Waals surface area contributed by atoms with Crippen molar-refractivity contribution in [2.75, 3.05) is 0 Å². The number of fused-ring (bicyclic) bond motifs is 2. The molecule has 4 aliphatic heterocycles. The van der Waals surface area contributed by atoms with Gasteiger partial charge in [-0.05, 0) is 24.3 Å². The third kappa shape index (κ3) is 1.62. The molecule has 5 heterocycles. The second-order valence-electron chi connectivity index (χ2n) is 9.41. The molecule has 2 aliphatic carbocycles. The highest BCUT2D eigenvalue weighted by molar-refractivity contribution is 5.86. The lowest BCUT2D eigenvalue weighted by Gasteiger charge is -2.67. The Labute approximate surface area is 160 Å². The van der Waals surface area contributed by atoms with Crippen LogP contribution in [0.4, 0.5) is 0 Å². The molecule has 1 aromatic rings. The van der Waals surface area contributed by atoms with Gasteiger partial charge in [0, 0.05) is 16.9 Å². The molecule has 4 saturated heterocycles. The summed E-state index contributed by atoms with van der Waals surface area (Å²) >= 11 is 0. The summed E-state index contributed by atoms with van der Waals surface area (Å²) in [6, 6.07) is 1.76. The monoisotopic (exact) mass is 390 g/mol. The second-order valence-corrected chi connectivity index (χ2v) is 9.41. The number of esters is 2. The molecule has 8 nitrogen and oxygen atoms in total. The fraction of sp³-hybridized carbons (Fsp3) is 0.700. The van der Waals surface area contributed by atoms with Gasteiger partial charge in [0.2, 0.25) is 0 Å². The number of carbonyl (C=O) groups is 2. The van der Waals surface area contributed by atoms with Crippen molar-refractivity contribution in [1.82, 2.24) is 0 Å². The van der Waals surface area contributed by atoms with Crippen molar-refractivity contribution in [1.29, 1.82) is 0 Å². The summed E-state index contributed by atoms with van der Waals surface area (Å²) in [4.78, 5) is 25.6. The van der Waals surface area contributed by atoms with Crippen LogP contribution >= 0.6 is 0 Å². The Hall–Kier alpha value is -1.90. The molecule has 7 rings (SSSR count). The first-order valence-corrected chi connectivity index (χ1v) is 9.72. The minimum absolute atomic E-state index is 0.125. The Morgan fingerprint density at radius 3 is 2.68 bits per heavy atom. The molecule has 2 saturated carbocycles. The molecule has 0 spiro atoms. The minimum Gasteiger partial charge on any atom is -0.472 e. The topological polar surface area (TPSA) is 119 Å². The van der Waals surface area contributed by atoms with Crippen LogP contribution in [-0.4, -0.2) is 52.2 Å². The molecule has 150 valence electrons. The average Bonchev–Trinajstić information content (AvgIpc) is 3.27. The van der Waals surface area contributed by atoms with Gasteiger partial charge < -0.3 is 28.8 Å². The van der Waals surface area contributed by atoms with Gasteiger partial charge in [-0.1, -0.05) is 13.8 Å². The van der Waals surface area contributed by atoms with Gasteiger partial charge in [-0.15, -0.1) is 0 Å². The number of hydrogen-bond acceptors (Lipinski definition) is 8. The van der Waals surface area contributed by atoms with Crippen LogP contribution in [0.15, 0.2) is 23.0 Å². The van der Waals surface area contributed by atoms with Gasteiger partial charge in [0.15, 0.2) is 5.60 Å². The van der Waals surface area contributed by atoms with Gasteiger partial charge in [-0.2, -0.15) is 0 Å². The van der Waals surface area contributed by atoms with Crippen molar-refractivity contribution in [2.45, 2.75) is 62.8 Å². The van der Waals surface area contributed by atoms with Gasteiger partial charge >= 0.3 is 11.9 Å². The molecule has 1 aromatic heterocycles. The zero-order valence-electron chi connectivity index (χ0n) is 15.5. The average molecular weight is 390 g/mol. The fourth-order valence-corrected chi connectivity index (χ4v) is 6.89. The maximum absolute atomic E-state index is 12.9. The first-order valence-electron chi connectivity index (χ1n) is 9.72. The van der Waals surface area contributed by atoms with Crippen molar-refractivity contribution in [3.63, 3.8) is 0 Å². The number of rotatable bonds is 1. The standard InChI is InChI=1S/C20H22O8/c1-18-6-10(8-3-4-25-7-8)26-16(22)9(18)5-11(21)19(2)14(18)12-13-15(27-13)20(19,24)17(23)28-12/h3-4,7,9-15,21,24H,5-6H2,1-2H3/t9-,10-,11+,12-,13+,14+,15+,18-,19-,20+/m1/s1. The predicted octanol–water partition coefficient (Wildman–Crippen LogP) is 0.715. The minimum atomic E-state index is -1.92. The lowest BCUT2D eigenvalue weighted by Crippen LogP contribution is -2.80. The van der Waals surface area contributed by atoms with Crippen LogP contribution in [0.2, 0.25) is 0 Å². The maximum Gasteiger partial charge on any atom is 0.342 e. The summed E-state index contributed by atoms with van der Waals surface area (Å²) in [7, 11) is 0. The number of ether oxygens (including phenoxy) is 3. The van der Waals surface area contributed by atoms with Crippen LogP contribution in [0.1, 0.15) is 38.4 Å². The molecular weight excluding hydrogens is 368 g/mol. The van der Waals surface area contributed by atoms with Crippen LogP contribution in [0.3, 0.4) is 0 Å². The van der Waals surface area contributed by atoms with E-state index in [0.717, 1.165) is 5.56 Å². The van der Waals surface area contributed by atoms with E-state index in [-0.39, 0.29) is 12.4 Å². The van der Waals surface area contributed by atoms with Crippen molar-refractivity contribution in [3.05, 3.63) is 24.2 Å². The van der Waals surface area contributed by atoms with Gasteiger partial charge in [0.1, 0.15) is 24.4 Å². The zero-order chi connectivity index (χ0) is 19.6. The van der Waals surface area contributed by atoms with Crippen LogP contribution in [-0.2, 0) is 23.8 Å². The SMILES string of the molecule is C[C@@]12C[C@H](c3ccoc3)OC(=O)[C@H]1C[C@H](O)[C@]1(C)[C@H]2[C@@H]2OC(=O)[C@@]1(O)[C@H]1O[C@@H]21. The van der Waals surface area contributed by atoms with Crippen molar-refractivity contribution < 1.29 is 38.4 Å². The van der Waals surface area contributed by atoms with E-state index >= 15 is 0 Å². The fourth-order valence-electron chi connectivity index (χ4n) is 6.89. The summed E-state index contributed by atoms with van der Waals surface area (Å²) < 4.78 is 22.1. The normalized spacial score (nSPS) is 56.2. The Morgan fingerprint density at radius 1 is 1.18 bits per heavy atom. The maximum atomic E-state index is 12.9. The van der Waals surface area contributed by atoms with Crippen molar-refractivity contribution in [3.8, 4) is 0 Å². The Bertz CT molecular complexity index is 881. The zero-order valence-corrected chi connectivity index (χ0v) is 15.5. The molecule has 0 amide bonds. The first kappa shape index (κ1) is 17.0. The smallest absolute Gasteiger partial charge is 0.342 e. The number of hydrogen-bond donors (Lipinski definition) is 2. The van der Waals surface area contributed by atoms with E-state index in [2.05, 4.69) is 0 Å². The van der Waals surface area contributed by atoms with E-state index in [4.69, 9.17) is 18.6 Å². The summed E-state index contributed by atoms with van der Waals surface area (Å²) in [5.74, 6) is -2.11. The van der Waals surface area contributed by atoms with E-state index in [0.29, 0.717) is 6.42 Å². The molecule has 0 radical (unpaired) electrons. The van der Waals surface area contributed by atoms with Crippen molar-refractivity contribution in [2.24, 2.45) is 22.7 Å². The summed E-state index contributed by atoms with van der Waals surface area (Å²) in [5, 5.41) is 22.5. The summed E-state index contributed by atoms with van der Waals surface area (Å²) in [6.45, 7) is 3.72. The van der Waals surface area contributed by atoms with Crippen LogP contribution < -0.4 is 0 Å². The molecule has 8 heteroatoms. The number of aliphatic hydroxyl groups is 2. The quantitative estimate of drug-likeness (QED) is 0.532. The lowest BCUT2D eigenvalue weighted by atomic mass is 9.40. The highest BCUT2D eigenvalue weighted by Gasteiger charge is 2.86. The highest BCUT2D eigenvalue weighted by atomic mass is 16.7. The van der Waals surface area contributed by atoms with E-state index in [1.807, 2.05) is 6.92 Å². The van der Waals surface area contributed by atoms with Gasteiger partial charge in [-0.3, -0.25) is 4.79 Å². The summed E-state index contributed by atoms with van der Waals surface area (Å²) in [5.41, 5.74) is -2.98. The molecule has 10 atom stereocenters. The molecule has 0 aromatic carbocycles. The Kier molecular flexibility index (Phi) is 2.92. The Balaban J connectivity index is 1.50. The summed E-state index contributed by atoms with van der Waals surface area (Å²) in [6.07, 6.45) is 0.491. The third-order valence-corrected chi connectivity index (χ3v) is 8.35. The number of epoxide rings is 1. The molecule has 2 bridgehead atoms. The van der Waals surface area contributed by atoms with Gasteiger partial charge in [0.05, 0.1) is 24.5 Å². The van der Waals surface area contributed by atoms with E-state index in [9.17, 15) is 19.8 Å². The molecule has 28 heavy (non-hydrogen) atoms.